The third-order valence-corrected chi connectivity index (χ3v) is 2.78. The van der Waals surface area contributed by atoms with E-state index in [2.05, 4.69) is 15.3 Å². The first-order valence-electron chi connectivity index (χ1n) is 5.62. The quantitative estimate of drug-likeness (QED) is 0.846. The van der Waals surface area contributed by atoms with Gasteiger partial charge in [-0.3, -0.25) is 0 Å². The van der Waals surface area contributed by atoms with E-state index in [0.29, 0.717) is 30.4 Å². The van der Waals surface area contributed by atoms with Crippen LogP contribution in [0.4, 0.5) is 10.2 Å². The lowest BCUT2D eigenvalue weighted by Gasteiger charge is -2.11. The molecule has 0 radical (unpaired) electrons. The average Bonchev–Trinajstić information content (AvgIpc) is 2.81. The zero-order valence-electron chi connectivity index (χ0n) is 9.37. The van der Waals surface area contributed by atoms with Crippen molar-refractivity contribution in [2.45, 2.75) is 19.8 Å². The number of anilines is 1. The smallest absolute Gasteiger partial charge is 0.186 e. The van der Waals surface area contributed by atoms with Crippen LogP contribution in [0.5, 0.6) is 0 Å². The molecule has 1 aromatic heterocycles. The minimum absolute atomic E-state index is 0.304. The molecule has 0 saturated carbocycles. The summed E-state index contributed by atoms with van der Waals surface area (Å²) in [5.74, 6) is 0.433. The molecule has 2 heterocycles. The largest absolute Gasteiger partial charge is 0.381 e. The van der Waals surface area contributed by atoms with Crippen LogP contribution < -0.4 is 5.32 Å². The summed E-state index contributed by atoms with van der Waals surface area (Å²) < 4.78 is 19.0. The number of rotatable bonds is 4. The van der Waals surface area contributed by atoms with Gasteiger partial charge < -0.3 is 10.1 Å². The van der Waals surface area contributed by atoms with Crippen LogP contribution >= 0.6 is 0 Å². The van der Waals surface area contributed by atoms with Gasteiger partial charge in [0.2, 0.25) is 0 Å². The van der Waals surface area contributed by atoms with E-state index in [-0.39, 0.29) is 5.82 Å². The summed E-state index contributed by atoms with van der Waals surface area (Å²) >= 11 is 0. The van der Waals surface area contributed by atoms with Gasteiger partial charge in [-0.1, -0.05) is 6.92 Å². The minimum atomic E-state index is -0.330. The highest BCUT2D eigenvalue weighted by Crippen LogP contribution is 2.16. The standard InChI is InChI=1S/C11H16FN3O/c1-2-9-10(12)11(15-7-14-9)13-5-8-3-4-16-6-8/h7-8H,2-6H2,1H3,(H,13,14,15). The lowest BCUT2D eigenvalue weighted by atomic mass is 10.1. The first kappa shape index (κ1) is 11.3. The molecule has 1 aromatic rings. The molecule has 0 spiro atoms. The summed E-state index contributed by atoms with van der Waals surface area (Å²) in [5.41, 5.74) is 0.458. The molecule has 1 aliphatic rings. The average molecular weight is 225 g/mol. The van der Waals surface area contributed by atoms with Crippen molar-refractivity contribution in [1.29, 1.82) is 0 Å². The highest BCUT2D eigenvalue weighted by atomic mass is 19.1. The first-order chi connectivity index (χ1) is 7.81. The van der Waals surface area contributed by atoms with E-state index in [0.717, 1.165) is 19.6 Å². The van der Waals surface area contributed by atoms with Gasteiger partial charge in [0.15, 0.2) is 11.6 Å². The fraction of sp³-hybridized carbons (Fsp3) is 0.636. The Hall–Kier alpha value is -1.23. The Bertz CT molecular complexity index is 353. The normalized spacial score (nSPS) is 20.0. The van der Waals surface area contributed by atoms with Gasteiger partial charge in [0.25, 0.3) is 0 Å². The van der Waals surface area contributed by atoms with Gasteiger partial charge in [-0.15, -0.1) is 0 Å². The molecular weight excluding hydrogens is 209 g/mol. The summed E-state index contributed by atoms with van der Waals surface area (Å²) in [5, 5.41) is 3.02. The summed E-state index contributed by atoms with van der Waals surface area (Å²) in [6.07, 6.45) is 3.01. The van der Waals surface area contributed by atoms with E-state index < -0.39 is 0 Å². The third-order valence-electron chi connectivity index (χ3n) is 2.78. The van der Waals surface area contributed by atoms with E-state index in [9.17, 15) is 4.39 Å². The number of hydrogen-bond donors (Lipinski definition) is 1. The lowest BCUT2D eigenvalue weighted by Crippen LogP contribution is -2.16. The molecule has 0 aromatic carbocycles. The van der Waals surface area contributed by atoms with Gasteiger partial charge in [-0.25, -0.2) is 14.4 Å². The second-order valence-electron chi connectivity index (χ2n) is 3.95. The number of nitrogens with one attached hydrogen (secondary N) is 1. The van der Waals surface area contributed by atoms with Crippen LogP contribution in [0.2, 0.25) is 0 Å². The maximum Gasteiger partial charge on any atom is 0.186 e. The van der Waals surface area contributed by atoms with E-state index >= 15 is 0 Å². The van der Waals surface area contributed by atoms with Crippen molar-refractivity contribution in [2.24, 2.45) is 5.92 Å². The van der Waals surface area contributed by atoms with Crippen LogP contribution in [-0.4, -0.2) is 29.7 Å². The number of aromatic nitrogens is 2. The van der Waals surface area contributed by atoms with Crippen molar-refractivity contribution in [1.82, 2.24) is 9.97 Å². The van der Waals surface area contributed by atoms with Crippen molar-refractivity contribution in [3.63, 3.8) is 0 Å². The van der Waals surface area contributed by atoms with Gasteiger partial charge in [0, 0.05) is 19.1 Å². The molecule has 0 bridgehead atoms. The SMILES string of the molecule is CCc1ncnc(NCC2CCOC2)c1F. The molecule has 1 unspecified atom stereocenters. The molecule has 1 saturated heterocycles. The van der Waals surface area contributed by atoms with Crippen molar-refractivity contribution >= 4 is 5.82 Å². The zero-order chi connectivity index (χ0) is 11.4. The Labute approximate surface area is 94.2 Å². The molecule has 0 amide bonds. The van der Waals surface area contributed by atoms with Gasteiger partial charge in [0.1, 0.15) is 6.33 Å². The molecule has 2 rings (SSSR count). The van der Waals surface area contributed by atoms with Crippen LogP contribution in [-0.2, 0) is 11.2 Å². The molecule has 5 heteroatoms. The Morgan fingerprint density at radius 2 is 2.44 bits per heavy atom. The summed E-state index contributed by atoms with van der Waals surface area (Å²) in [6, 6.07) is 0. The van der Waals surface area contributed by atoms with Crippen LogP contribution in [0, 0.1) is 11.7 Å². The number of halogens is 1. The van der Waals surface area contributed by atoms with E-state index in [4.69, 9.17) is 4.74 Å². The second kappa shape index (κ2) is 5.21. The van der Waals surface area contributed by atoms with Crippen molar-refractivity contribution in [2.75, 3.05) is 25.1 Å². The molecule has 4 nitrogen and oxygen atoms in total. The Morgan fingerprint density at radius 1 is 1.56 bits per heavy atom. The third kappa shape index (κ3) is 2.47. The Balaban J connectivity index is 1.97. The molecule has 16 heavy (non-hydrogen) atoms. The monoisotopic (exact) mass is 225 g/mol. The molecular formula is C11H16FN3O. The summed E-state index contributed by atoms with van der Waals surface area (Å²) in [7, 11) is 0. The minimum Gasteiger partial charge on any atom is -0.381 e. The van der Waals surface area contributed by atoms with Crippen LogP contribution in [0.15, 0.2) is 6.33 Å². The van der Waals surface area contributed by atoms with E-state index in [1.54, 1.807) is 0 Å². The highest BCUT2D eigenvalue weighted by molar-refractivity contribution is 5.37. The fourth-order valence-corrected chi connectivity index (χ4v) is 1.76. The van der Waals surface area contributed by atoms with Gasteiger partial charge in [0.05, 0.1) is 12.3 Å². The van der Waals surface area contributed by atoms with Gasteiger partial charge in [-0.2, -0.15) is 0 Å². The van der Waals surface area contributed by atoms with Crippen LogP contribution in [0.25, 0.3) is 0 Å². The Kier molecular flexibility index (Phi) is 3.66. The molecule has 0 aliphatic carbocycles. The maximum atomic E-state index is 13.7. The van der Waals surface area contributed by atoms with Crippen molar-refractivity contribution in [3.05, 3.63) is 17.8 Å². The predicted molar refractivity (Wildman–Crippen MR) is 58.8 cm³/mol. The number of ether oxygens (including phenoxy) is 1. The second-order valence-corrected chi connectivity index (χ2v) is 3.95. The van der Waals surface area contributed by atoms with Crippen molar-refractivity contribution in [3.8, 4) is 0 Å². The zero-order valence-corrected chi connectivity index (χ0v) is 9.37. The predicted octanol–water partition coefficient (Wildman–Crippen LogP) is 1.63. The fourth-order valence-electron chi connectivity index (χ4n) is 1.76. The number of nitrogens with zero attached hydrogens (tertiary/aromatic N) is 2. The maximum absolute atomic E-state index is 13.7. The van der Waals surface area contributed by atoms with Crippen molar-refractivity contribution < 1.29 is 9.13 Å². The highest BCUT2D eigenvalue weighted by Gasteiger charge is 2.16. The van der Waals surface area contributed by atoms with Gasteiger partial charge >= 0.3 is 0 Å². The van der Waals surface area contributed by atoms with Crippen LogP contribution in [0.3, 0.4) is 0 Å². The summed E-state index contributed by atoms with van der Waals surface area (Å²) in [4.78, 5) is 7.80. The van der Waals surface area contributed by atoms with Crippen LogP contribution in [0.1, 0.15) is 19.0 Å². The molecule has 1 fully saturated rings. The molecule has 88 valence electrons. The van der Waals surface area contributed by atoms with E-state index in [1.165, 1.54) is 6.33 Å². The molecule has 1 atom stereocenters. The van der Waals surface area contributed by atoms with Gasteiger partial charge in [-0.05, 0) is 12.8 Å². The first-order valence-corrected chi connectivity index (χ1v) is 5.62. The number of aryl methyl sites for hydroxylation is 1. The Morgan fingerprint density at radius 3 is 3.12 bits per heavy atom. The number of hydrogen-bond acceptors (Lipinski definition) is 4. The molecule has 1 aliphatic heterocycles. The summed E-state index contributed by atoms with van der Waals surface area (Å²) in [6.45, 7) is 4.14. The van der Waals surface area contributed by atoms with E-state index in [1.807, 2.05) is 6.92 Å². The lowest BCUT2D eigenvalue weighted by molar-refractivity contribution is 0.187. The topological polar surface area (TPSA) is 47.0 Å². The molecule has 1 N–H and O–H groups in total.